The number of aromatic nitrogens is 1. The van der Waals surface area contributed by atoms with E-state index in [4.69, 9.17) is 4.74 Å². The maximum absolute atomic E-state index is 5.22. The van der Waals surface area contributed by atoms with Gasteiger partial charge in [0.15, 0.2) is 0 Å². The Morgan fingerprint density at radius 2 is 2.33 bits per heavy atom. The highest BCUT2D eigenvalue weighted by molar-refractivity contribution is 5.53. The third-order valence-electron chi connectivity index (χ3n) is 3.29. The highest BCUT2D eigenvalue weighted by Gasteiger charge is 2.30. The van der Waals surface area contributed by atoms with E-state index in [1.54, 1.807) is 7.11 Å². The lowest BCUT2D eigenvalue weighted by molar-refractivity contribution is 0.205. The van der Waals surface area contributed by atoms with Gasteiger partial charge in [-0.3, -0.25) is 4.98 Å². The van der Waals surface area contributed by atoms with Gasteiger partial charge in [0, 0.05) is 32.4 Å². The zero-order valence-electron chi connectivity index (χ0n) is 11.4. The minimum atomic E-state index is 0.685. The van der Waals surface area contributed by atoms with Gasteiger partial charge in [-0.25, -0.2) is 0 Å². The number of hydrogen-bond acceptors (Lipinski definition) is 4. The van der Waals surface area contributed by atoms with Crippen molar-refractivity contribution in [3.8, 4) is 0 Å². The van der Waals surface area contributed by atoms with Crippen LogP contribution >= 0.6 is 0 Å². The molecule has 0 aromatic carbocycles. The van der Waals surface area contributed by atoms with Crippen molar-refractivity contribution >= 4 is 5.69 Å². The smallest absolute Gasteiger partial charge is 0.0637 e. The van der Waals surface area contributed by atoms with Gasteiger partial charge in [-0.05, 0) is 31.0 Å². The number of ether oxygens (including phenoxy) is 1. The van der Waals surface area contributed by atoms with Gasteiger partial charge >= 0.3 is 0 Å². The normalized spacial score (nSPS) is 14.8. The van der Waals surface area contributed by atoms with Crippen LogP contribution in [0.3, 0.4) is 0 Å². The fourth-order valence-electron chi connectivity index (χ4n) is 2.16. The summed E-state index contributed by atoms with van der Waals surface area (Å²) < 4.78 is 5.22. The number of nitrogens with zero attached hydrogens (tertiary/aromatic N) is 2. The summed E-state index contributed by atoms with van der Waals surface area (Å²) in [6.07, 6.45) is 6.44. The molecule has 1 aliphatic rings. The summed E-state index contributed by atoms with van der Waals surface area (Å²) in [6.45, 7) is 5.75. The minimum Gasteiger partial charge on any atom is -0.383 e. The second-order valence-corrected chi connectivity index (χ2v) is 4.70. The molecule has 4 nitrogen and oxygen atoms in total. The molecule has 0 aliphatic heterocycles. The lowest BCUT2D eigenvalue weighted by Gasteiger charge is -2.26. The van der Waals surface area contributed by atoms with Gasteiger partial charge in [0.05, 0.1) is 18.5 Å². The average Bonchev–Trinajstić information content (AvgIpc) is 3.22. The first-order valence-electron chi connectivity index (χ1n) is 6.76. The van der Waals surface area contributed by atoms with Crippen molar-refractivity contribution in [2.75, 3.05) is 31.7 Å². The Kier molecular flexibility index (Phi) is 4.96. The van der Waals surface area contributed by atoms with Crippen LogP contribution in [0.1, 0.15) is 25.3 Å². The summed E-state index contributed by atoms with van der Waals surface area (Å²) in [5.41, 5.74) is 2.59. The Morgan fingerprint density at radius 3 is 3.00 bits per heavy atom. The molecule has 1 aromatic heterocycles. The summed E-state index contributed by atoms with van der Waals surface area (Å²) in [4.78, 5) is 6.73. The third-order valence-corrected chi connectivity index (χ3v) is 3.29. The molecule has 1 heterocycles. The molecule has 1 aromatic rings. The molecule has 0 bridgehead atoms. The van der Waals surface area contributed by atoms with Crippen molar-refractivity contribution in [1.29, 1.82) is 0 Å². The van der Waals surface area contributed by atoms with E-state index in [-0.39, 0.29) is 0 Å². The molecule has 2 rings (SSSR count). The molecule has 18 heavy (non-hydrogen) atoms. The summed E-state index contributed by atoms with van der Waals surface area (Å²) >= 11 is 0. The topological polar surface area (TPSA) is 37.4 Å². The lowest BCUT2D eigenvalue weighted by atomic mass is 10.2. The van der Waals surface area contributed by atoms with Crippen LogP contribution in [0.5, 0.6) is 0 Å². The van der Waals surface area contributed by atoms with E-state index < -0.39 is 0 Å². The van der Waals surface area contributed by atoms with Crippen LogP contribution in [0.2, 0.25) is 0 Å². The van der Waals surface area contributed by atoms with Crippen LogP contribution in [-0.4, -0.2) is 37.8 Å². The van der Waals surface area contributed by atoms with Crippen LogP contribution in [-0.2, 0) is 11.3 Å². The van der Waals surface area contributed by atoms with Gasteiger partial charge < -0.3 is 15.0 Å². The summed E-state index contributed by atoms with van der Waals surface area (Å²) in [5, 5.41) is 3.39. The average molecular weight is 249 g/mol. The predicted octanol–water partition coefficient (Wildman–Crippen LogP) is 1.81. The number of hydrogen-bond donors (Lipinski definition) is 1. The third kappa shape index (κ3) is 3.43. The van der Waals surface area contributed by atoms with Gasteiger partial charge in [-0.15, -0.1) is 0 Å². The van der Waals surface area contributed by atoms with Crippen LogP contribution in [0.15, 0.2) is 18.5 Å². The molecule has 1 N–H and O–H groups in total. The molecule has 0 saturated heterocycles. The Bertz CT molecular complexity index is 366. The highest BCUT2D eigenvalue weighted by Crippen LogP contribution is 2.32. The predicted molar refractivity (Wildman–Crippen MR) is 73.9 cm³/mol. The van der Waals surface area contributed by atoms with Gasteiger partial charge in [0.1, 0.15) is 0 Å². The molecule has 4 heteroatoms. The second-order valence-electron chi connectivity index (χ2n) is 4.70. The number of anilines is 1. The summed E-state index contributed by atoms with van der Waals surface area (Å²) in [5.74, 6) is 0. The van der Waals surface area contributed by atoms with Crippen molar-refractivity contribution in [3.63, 3.8) is 0 Å². The maximum Gasteiger partial charge on any atom is 0.0637 e. The lowest BCUT2D eigenvalue weighted by Crippen LogP contribution is -2.31. The van der Waals surface area contributed by atoms with Crippen molar-refractivity contribution in [2.24, 2.45) is 0 Å². The molecule has 0 radical (unpaired) electrons. The van der Waals surface area contributed by atoms with Crippen LogP contribution in [0.4, 0.5) is 5.69 Å². The first-order valence-corrected chi connectivity index (χ1v) is 6.76. The summed E-state index contributed by atoms with van der Waals surface area (Å²) in [6, 6.07) is 2.80. The number of nitrogens with one attached hydrogen (secondary N) is 1. The molecule has 0 spiro atoms. The summed E-state index contributed by atoms with van der Waals surface area (Å²) in [7, 11) is 1.76. The fraction of sp³-hybridized carbons (Fsp3) is 0.643. The zero-order valence-corrected chi connectivity index (χ0v) is 11.4. The van der Waals surface area contributed by atoms with E-state index in [0.29, 0.717) is 6.04 Å². The van der Waals surface area contributed by atoms with Crippen molar-refractivity contribution in [3.05, 3.63) is 24.0 Å². The van der Waals surface area contributed by atoms with E-state index in [1.807, 2.05) is 12.4 Å². The monoisotopic (exact) mass is 249 g/mol. The Balaban J connectivity index is 2.12. The SMILES string of the molecule is CCNCc1ccncc1N(CCOC)C1CC1. The standard InChI is InChI=1S/C14H23N3O/c1-3-15-10-12-6-7-16-11-14(12)17(8-9-18-2)13-4-5-13/h6-7,11,13,15H,3-5,8-10H2,1-2H3. The van der Waals surface area contributed by atoms with Crippen molar-refractivity contribution < 1.29 is 4.74 Å². The van der Waals surface area contributed by atoms with Crippen LogP contribution in [0, 0.1) is 0 Å². The first-order chi connectivity index (χ1) is 8.86. The molecular formula is C14H23N3O. The minimum absolute atomic E-state index is 0.685. The number of methoxy groups -OCH3 is 1. The van der Waals surface area contributed by atoms with Crippen molar-refractivity contribution in [2.45, 2.75) is 32.4 Å². The second kappa shape index (κ2) is 6.71. The highest BCUT2D eigenvalue weighted by atomic mass is 16.5. The Morgan fingerprint density at radius 1 is 1.50 bits per heavy atom. The van der Waals surface area contributed by atoms with Gasteiger partial charge in [-0.2, -0.15) is 0 Å². The molecule has 1 aliphatic carbocycles. The molecule has 1 fully saturated rings. The van der Waals surface area contributed by atoms with E-state index in [9.17, 15) is 0 Å². The van der Waals surface area contributed by atoms with Gasteiger partial charge in [0.25, 0.3) is 0 Å². The van der Waals surface area contributed by atoms with E-state index in [2.05, 4.69) is 28.2 Å². The van der Waals surface area contributed by atoms with Crippen LogP contribution in [0.25, 0.3) is 0 Å². The molecule has 100 valence electrons. The number of pyridine rings is 1. The molecular weight excluding hydrogens is 226 g/mol. The fourth-order valence-corrected chi connectivity index (χ4v) is 2.16. The quantitative estimate of drug-likeness (QED) is 0.762. The van der Waals surface area contributed by atoms with Gasteiger partial charge in [0.2, 0.25) is 0 Å². The Labute approximate surface area is 109 Å². The number of rotatable bonds is 8. The van der Waals surface area contributed by atoms with E-state index in [0.717, 1.165) is 26.2 Å². The molecule has 0 amide bonds. The molecule has 0 atom stereocenters. The maximum atomic E-state index is 5.22. The van der Waals surface area contributed by atoms with E-state index in [1.165, 1.54) is 24.1 Å². The van der Waals surface area contributed by atoms with Crippen molar-refractivity contribution in [1.82, 2.24) is 10.3 Å². The molecule has 0 unspecified atom stereocenters. The Hall–Kier alpha value is -1.13. The van der Waals surface area contributed by atoms with E-state index >= 15 is 0 Å². The largest absolute Gasteiger partial charge is 0.383 e. The first kappa shape index (κ1) is 13.3. The van der Waals surface area contributed by atoms with Gasteiger partial charge in [-0.1, -0.05) is 6.92 Å². The zero-order chi connectivity index (χ0) is 12.8. The molecule has 1 saturated carbocycles. The van der Waals surface area contributed by atoms with Crippen LogP contribution < -0.4 is 10.2 Å².